The third-order valence-corrected chi connectivity index (χ3v) is 3.82. The fourth-order valence-electron chi connectivity index (χ4n) is 2.66. The first-order chi connectivity index (χ1) is 8.06. The molecule has 0 spiro atoms. The molecule has 4 atom stereocenters. The minimum Gasteiger partial charge on any atom is -0.374 e. The maximum atomic E-state index is 12.5. The van der Waals surface area contributed by atoms with E-state index >= 15 is 0 Å². The third-order valence-electron chi connectivity index (χ3n) is 3.82. The average molecular weight is 236 g/mol. The van der Waals surface area contributed by atoms with Crippen LogP contribution >= 0.6 is 0 Å². The molecule has 0 amide bonds. The Morgan fingerprint density at radius 1 is 1.41 bits per heavy atom. The number of imidazole rings is 1. The van der Waals surface area contributed by atoms with Crippen molar-refractivity contribution in [2.75, 3.05) is 0 Å². The number of aryl methyl sites for hydroxylation is 1. The minimum absolute atomic E-state index is 0.0190. The molecule has 0 aliphatic carbocycles. The zero-order chi connectivity index (χ0) is 12.6. The van der Waals surface area contributed by atoms with Crippen LogP contribution in [0.15, 0.2) is 12.4 Å². The summed E-state index contributed by atoms with van der Waals surface area (Å²) in [6.45, 7) is 8.87. The van der Waals surface area contributed by atoms with Gasteiger partial charge in [0.1, 0.15) is 0 Å². The number of hydrogen-bond acceptors (Lipinski definition) is 3. The van der Waals surface area contributed by atoms with E-state index in [2.05, 4.69) is 11.9 Å². The third kappa shape index (κ3) is 2.02. The summed E-state index contributed by atoms with van der Waals surface area (Å²) >= 11 is 0. The number of carbonyl (C=O) groups is 1. The molecule has 1 saturated heterocycles. The van der Waals surface area contributed by atoms with Gasteiger partial charge in [-0.3, -0.25) is 4.79 Å². The molecule has 0 radical (unpaired) electrons. The Morgan fingerprint density at radius 2 is 2.12 bits per heavy atom. The predicted molar refractivity (Wildman–Crippen MR) is 64.9 cm³/mol. The summed E-state index contributed by atoms with van der Waals surface area (Å²) < 4.78 is 7.61. The SMILES string of the molecule is CCn1ccnc1C(=O)C1C(C)OC(C)C1C. The normalized spacial score (nSPS) is 32.9. The molecule has 4 heteroatoms. The summed E-state index contributed by atoms with van der Waals surface area (Å²) in [6.07, 6.45) is 3.66. The Hall–Kier alpha value is -1.16. The summed E-state index contributed by atoms with van der Waals surface area (Å²) in [5, 5.41) is 0. The van der Waals surface area contributed by atoms with E-state index in [-0.39, 0.29) is 29.8 Å². The van der Waals surface area contributed by atoms with Crippen LogP contribution in [-0.2, 0) is 11.3 Å². The highest BCUT2D eigenvalue weighted by molar-refractivity contribution is 5.95. The minimum atomic E-state index is -0.0716. The zero-order valence-electron chi connectivity index (χ0n) is 10.9. The first-order valence-corrected chi connectivity index (χ1v) is 6.27. The molecule has 0 aromatic carbocycles. The molecule has 1 aliphatic rings. The Bertz CT molecular complexity index is 413. The first-order valence-electron chi connectivity index (χ1n) is 6.27. The van der Waals surface area contributed by atoms with Gasteiger partial charge in [0.15, 0.2) is 5.82 Å². The van der Waals surface area contributed by atoms with Gasteiger partial charge < -0.3 is 9.30 Å². The van der Waals surface area contributed by atoms with Crippen LogP contribution in [0.2, 0.25) is 0 Å². The van der Waals surface area contributed by atoms with Gasteiger partial charge in [-0.25, -0.2) is 4.98 Å². The quantitative estimate of drug-likeness (QED) is 0.755. The number of ketones is 1. The molecule has 1 fully saturated rings. The summed E-state index contributed by atoms with van der Waals surface area (Å²) in [5.74, 6) is 0.854. The lowest BCUT2D eigenvalue weighted by atomic mass is 9.86. The molecule has 2 heterocycles. The molecule has 2 rings (SSSR count). The van der Waals surface area contributed by atoms with Gasteiger partial charge in [-0.2, -0.15) is 0 Å². The Kier molecular flexibility index (Phi) is 3.33. The fraction of sp³-hybridized carbons (Fsp3) is 0.692. The van der Waals surface area contributed by atoms with E-state index in [1.54, 1.807) is 6.20 Å². The first kappa shape index (κ1) is 12.3. The Labute approximate surface area is 102 Å². The smallest absolute Gasteiger partial charge is 0.204 e. The Morgan fingerprint density at radius 3 is 2.65 bits per heavy atom. The fourth-order valence-corrected chi connectivity index (χ4v) is 2.66. The number of ether oxygens (including phenoxy) is 1. The number of Topliss-reactive ketones (excluding diaryl/α,β-unsaturated/α-hetero) is 1. The topological polar surface area (TPSA) is 44.1 Å². The molecular weight excluding hydrogens is 216 g/mol. The molecule has 94 valence electrons. The van der Waals surface area contributed by atoms with Gasteiger partial charge in [0.25, 0.3) is 0 Å². The second kappa shape index (κ2) is 4.61. The van der Waals surface area contributed by atoms with Crippen molar-refractivity contribution in [2.24, 2.45) is 11.8 Å². The van der Waals surface area contributed by atoms with E-state index in [4.69, 9.17) is 4.74 Å². The van der Waals surface area contributed by atoms with Gasteiger partial charge in [-0.15, -0.1) is 0 Å². The van der Waals surface area contributed by atoms with Crippen molar-refractivity contribution in [1.29, 1.82) is 0 Å². The highest BCUT2D eigenvalue weighted by Gasteiger charge is 2.42. The molecular formula is C13H20N2O2. The standard InChI is InChI=1S/C13H20N2O2/c1-5-15-7-6-14-13(15)12(16)11-8(2)9(3)17-10(11)4/h6-11H,5H2,1-4H3. The molecule has 4 nitrogen and oxygen atoms in total. The Balaban J connectivity index is 2.26. The molecule has 17 heavy (non-hydrogen) atoms. The molecule has 1 aliphatic heterocycles. The van der Waals surface area contributed by atoms with E-state index in [0.717, 1.165) is 6.54 Å². The number of hydrogen-bond donors (Lipinski definition) is 0. The van der Waals surface area contributed by atoms with E-state index in [9.17, 15) is 4.79 Å². The van der Waals surface area contributed by atoms with Gasteiger partial charge in [-0.05, 0) is 26.7 Å². The monoisotopic (exact) mass is 236 g/mol. The van der Waals surface area contributed by atoms with Crippen molar-refractivity contribution in [3.63, 3.8) is 0 Å². The largest absolute Gasteiger partial charge is 0.374 e. The zero-order valence-corrected chi connectivity index (χ0v) is 10.9. The second-order valence-corrected chi connectivity index (χ2v) is 4.83. The van der Waals surface area contributed by atoms with Gasteiger partial charge in [0, 0.05) is 18.9 Å². The lowest BCUT2D eigenvalue weighted by Gasteiger charge is -2.17. The van der Waals surface area contributed by atoms with Crippen LogP contribution in [0.25, 0.3) is 0 Å². The maximum absolute atomic E-state index is 12.5. The van der Waals surface area contributed by atoms with Crippen LogP contribution < -0.4 is 0 Å². The van der Waals surface area contributed by atoms with Crippen LogP contribution in [0.4, 0.5) is 0 Å². The molecule has 0 N–H and O–H groups in total. The lowest BCUT2D eigenvalue weighted by Crippen LogP contribution is -2.29. The number of rotatable bonds is 3. The number of nitrogens with zero attached hydrogens (tertiary/aromatic N) is 2. The molecule has 4 unspecified atom stereocenters. The summed E-state index contributed by atoms with van der Waals surface area (Å²) in [6, 6.07) is 0. The van der Waals surface area contributed by atoms with Crippen molar-refractivity contribution < 1.29 is 9.53 Å². The average Bonchev–Trinajstić information content (AvgIpc) is 2.84. The molecule has 1 aromatic heterocycles. The molecule has 0 saturated carbocycles. The van der Waals surface area contributed by atoms with Crippen molar-refractivity contribution in [3.05, 3.63) is 18.2 Å². The van der Waals surface area contributed by atoms with Gasteiger partial charge in [-0.1, -0.05) is 6.92 Å². The predicted octanol–water partition coefficient (Wildman–Crippen LogP) is 2.15. The lowest BCUT2D eigenvalue weighted by molar-refractivity contribution is 0.0488. The van der Waals surface area contributed by atoms with Gasteiger partial charge in [0.2, 0.25) is 5.78 Å². The van der Waals surface area contributed by atoms with E-state index in [0.29, 0.717) is 5.82 Å². The number of carbonyl (C=O) groups excluding carboxylic acids is 1. The van der Waals surface area contributed by atoms with E-state index in [1.165, 1.54) is 0 Å². The summed E-state index contributed by atoms with van der Waals surface area (Å²) in [7, 11) is 0. The second-order valence-electron chi connectivity index (χ2n) is 4.83. The van der Waals surface area contributed by atoms with Gasteiger partial charge in [0.05, 0.1) is 18.1 Å². The molecule has 1 aromatic rings. The maximum Gasteiger partial charge on any atom is 0.204 e. The highest BCUT2D eigenvalue weighted by Crippen LogP contribution is 2.34. The number of aromatic nitrogens is 2. The van der Waals surface area contributed by atoms with Crippen molar-refractivity contribution in [1.82, 2.24) is 9.55 Å². The molecule has 0 bridgehead atoms. The summed E-state index contributed by atoms with van der Waals surface area (Å²) in [5.41, 5.74) is 0. The van der Waals surface area contributed by atoms with Crippen molar-refractivity contribution in [3.8, 4) is 0 Å². The van der Waals surface area contributed by atoms with Crippen molar-refractivity contribution >= 4 is 5.78 Å². The van der Waals surface area contributed by atoms with Crippen molar-refractivity contribution in [2.45, 2.75) is 46.4 Å². The van der Waals surface area contributed by atoms with E-state index in [1.807, 2.05) is 31.5 Å². The van der Waals surface area contributed by atoms with Gasteiger partial charge >= 0.3 is 0 Å². The van der Waals surface area contributed by atoms with Crippen LogP contribution in [0.1, 0.15) is 38.3 Å². The van der Waals surface area contributed by atoms with E-state index < -0.39 is 0 Å². The van der Waals surface area contributed by atoms with Crippen LogP contribution in [0, 0.1) is 11.8 Å². The van der Waals surface area contributed by atoms with Crippen LogP contribution in [0.5, 0.6) is 0 Å². The van der Waals surface area contributed by atoms with Crippen LogP contribution in [-0.4, -0.2) is 27.5 Å². The highest BCUT2D eigenvalue weighted by atomic mass is 16.5. The summed E-state index contributed by atoms with van der Waals surface area (Å²) in [4.78, 5) is 16.7. The van der Waals surface area contributed by atoms with Crippen LogP contribution in [0.3, 0.4) is 0 Å².